The first kappa shape index (κ1) is 16.8. The second-order valence-electron chi connectivity index (χ2n) is 6.12. The van der Waals surface area contributed by atoms with E-state index in [0.717, 1.165) is 18.1 Å². The van der Waals surface area contributed by atoms with Crippen molar-refractivity contribution in [3.63, 3.8) is 0 Å². The molecule has 0 amide bonds. The van der Waals surface area contributed by atoms with E-state index >= 15 is 0 Å². The van der Waals surface area contributed by atoms with E-state index in [1.807, 2.05) is 6.20 Å². The number of likely N-dealkylation sites (N-methyl/N-ethyl adjacent to an activating group) is 1. The van der Waals surface area contributed by atoms with Gasteiger partial charge in [0.25, 0.3) is 0 Å². The summed E-state index contributed by atoms with van der Waals surface area (Å²) in [5.41, 5.74) is 0. The van der Waals surface area contributed by atoms with Crippen LogP contribution in [-0.2, 0) is 16.0 Å². The normalized spacial score (nSPS) is 18.0. The minimum Gasteiger partial charge on any atom is -0.344 e. The molecule has 1 aromatic rings. The van der Waals surface area contributed by atoms with Crippen molar-refractivity contribution in [1.29, 1.82) is 0 Å². The molecule has 0 spiro atoms. The van der Waals surface area contributed by atoms with Gasteiger partial charge in [-0.05, 0) is 26.4 Å². The van der Waals surface area contributed by atoms with Crippen molar-refractivity contribution in [2.75, 3.05) is 33.9 Å². The van der Waals surface area contributed by atoms with Crippen molar-refractivity contribution >= 4 is 11.3 Å². The third kappa shape index (κ3) is 5.30. The fourth-order valence-electron chi connectivity index (χ4n) is 2.40. The average molecular weight is 313 g/mol. The van der Waals surface area contributed by atoms with Gasteiger partial charge in [0, 0.05) is 30.2 Å². The molecule has 2 heterocycles. The van der Waals surface area contributed by atoms with Gasteiger partial charge in [-0.25, -0.2) is 4.98 Å². The first-order valence-electron chi connectivity index (χ1n) is 7.61. The van der Waals surface area contributed by atoms with Gasteiger partial charge in [0.1, 0.15) is 5.01 Å². The molecular formula is C15H27N3O2S. The number of nitrogens with one attached hydrogen (secondary N) is 1. The molecule has 1 saturated heterocycles. The van der Waals surface area contributed by atoms with Crippen LogP contribution in [-0.4, -0.2) is 49.8 Å². The first-order chi connectivity index (χ1) is 10.1. The lowest BCUT2D eigenvalue weighted by Gasteiger charge is -2.26. The lowest BCUT2D eigenvalue weighted by Crippen LogP contribution is -2.38. The summed E-state index contributed by atoms with van der Waals surface area (Å²) in [6.07, 6.45) is 2.88. The third-order valence-corrected chi connectivity index (χ3v) is 4.57. The molecule has 21 heavy (non-hydrogen) atoms. The zero-order valence-corrected chi connectivity index (χ0v) is 14.3. The Morgan fingerprint density at radius 1 is 1.38 bits per heavy atom. The SMILES string of the molecule is CC(C)C[C@H](CNCc1cnc(C2OCCO2)s1)N(C)C. The van der Waals surface area contributed by atoms with Crippen molar-refractivity contribution in [2.45, 2.75) is 39.1 Å². The molecule has 1 atom stereocenters. The molecule has 120 valence electrons. The van der Waals surface area contributed by atoms with Crippen LogP contribution in [0.3, 0.4) is 0 Å². The monoisotopic (exact) mass is 313 g/mol. The maximum atomic E-state index is 5.47. The van der Waals surface area contributed by atoms with E-state index in [1.165, 1.54) is 11.3 Å². The number of thiazole rings is 1. The molecule has 1 aliphatic rings. The largest absolute Gasteiger partial charge is 0.344 e. The summed E-state index contributed by atoms with van der Waals surface area (Å²) < 4.78 is 10.9. The van der Waals surface area contributed by atoms with Gasteiger partial charge >= 0.3 is 0 Å². The zero-order valence-electron chi connectivity index (χ0n) is 13.5. The van der Waals surface area contributed by atoms with Gasteiger partial charge in [-0.2, -0.15) is 0 Å². The minimum atomic E-state index is -0.251. The van der Waals surface area contributed by atoms with Crippen molar-refractivity contribution in [3.8, 4) is 0 Å². The summed E-state index contributed by atoms with van der Waals surface area (Å²) in [5.74, 6) is 0.714. The smallest absolute Gasteiger partial charge is 0.211 e. The van der Waals surface area contributed by atoms with Crippen molar-refractivity contribution < 1.29 is 9.47 Å². The Labute approximate surface area is 131 Å². The second kappa shape index (κ2) is 8.19. The molecule has 6 heteroatoms. The van der Waals surface area contributed by atoms with E-state index in [2.05, 4.69) is 43.1 Å². The summed E-state index contributed by atoms with van der Waals surface area (Å²) in [7, 11) is 4.29. The van der Waals surface area contributed by atoms with E-state index in [4.69, 9.17) is 9.47 Å². The van der Waals surface area contributed by atoms with Crippen LogP contribution in [0.2, 0.25) is 0 Å². The van der Waals surface area contributed by atoms with Crippen molar-refractivity contribution in [1.82, 2.24) is 15.2 Å². The molecule has 1 aliphatic heterocycles. The maximum absolute atomic E-state index is 5.47. The van der Waals surface area contributed by atoms with Crippen LogP contribution < -0.4 is 5.32 Å². The van der Waals surface area contributed by atoms with E-state index < -0.39 is 0 Å². The quantitative estimate of drug-likeness (QED) is 0.797. The predicted octanol–water partition coefficient (Wildman–Crippen LogP) is 2.25. The number of hydrogen-bond acceptors (Lipinski definition) is 6. The lowest BCUT2D eigenvalue weighted by molar-refractivity contribution is -0.0442. The summed E-state index contributed by atoms with van der Waals surface area (Å²) in [6, 6.07) is 0.568. The number of ether oxygens (including phenoxy) is 2. The molecule has 5 nitrogen and oxygen atoms in total. The summed E-state index contributed by atoms with van der Waals surface area (Å²) in [6.45, 7) is 7.72. The molecule has 0 unspecified atom stereocenters. The highest BCUT2D eigenvalue weighted by atomic mass is 32.1. The first-order valence-corrected chi connectivity index (χ1v) is 8.43. The Kier molecular flexibility index (Phi) is 6.57. The van der Waals surface area contributed by atoms with Gasteiger partial charge in [-0.15, -0.1) is 11.3 Å². The van der Waals surface area contributed by atoms with Crippen LogP contribution in [0, 0.1) is 5.92 Å². The Morgan fingerprint density at radius 2 is 2.10 bits per heavy atom. The van der Waals surface area contributed by atoms with Gasteiger partial charge in [0.15, 0.2) is 0 Å². The third-order valence-electron chi connectivity index (χ3n) is 3.55. The van der Waals surface area contributed by atoms with Crippen LogP contribution in [0.5, 0.6) is 0 Å². The zero-order chi connectivity index (χ0) is 15.2. The van der Waals surface area contributed by atoms with E-state index in [0.29, 0.717) is 25.2 Å². The van der Waals surface area contributed by atoms with Crippen molar-refractivity contribution in [2.24, 2.45) is 5.92 Å². The van der Waals surface area contributed by atoms with Gasteiger partial charge in [-0.3, -0.25) is 0 Å². The van der Waals surface area contributed by atoms with E-state index in [1.54, 1.807) is 11.3 Å². The summed E-state index contributed by atoms with van der Waals surface area (Å²) >= 11 is 1.67. The molecule has 0 aromatic carbocycles. The highest BCUT2D eigenvalue weighted by Gasteiger charge is 2.21. The molecule has 2 rings (SSSR count). The molecule has 0 aliphatic carbocycles. The molecule has 1 aromatic heterocycles. The van der Waals surface area contributed by atoms with Gasteiger partial charge in [0.2, 0.25) is 6.29 Å². The number of nitrogens with zero attached hydrogens (tertiary/aromatic N) is 2. The predicted molar refractivity (Wildman–Crippen MR) is 85.4 cm³/mol. The molecule has 0 bridgehead atoms. The summed E-state index contributed by atoms with van der Waals surface area (Å²) in [5, 5.41) is 4.47. The Hall–Kier alpha value is -0.530. The fraction of sp³-hybridized carbons (Fsp3) is 0.800. The molecule has 0 saturated carbocycles. The van der Waals surface area contributed by atoms with Crippen LogP contribution in [0.4, 0.5) is 0 Å². The number of hydrogen-bond donors (Lipinski definition) is 1. The van der Waals surface area contributed by atoms with Gasteiger partial charge < -0.3 is 19.7 Å². The van der Waals surface area contributed by atoms with Crippen LogP contribution in [0.25, 0.3) is 0 Å². The van der Waals surface area contributed by atoms with Crippen LogP contribution in [0.15, 0.2) is 6.20 Å². The number of aromatic nitrogens is 1. The standard InChI is InChI=1S/C15H27N3O2S/c1-11(2)7-12(18(3)4)8-16-9-13-10-17-14(21-13)15-19-5-6-20-15/h10-12,15-16H,5-9H2,1-4H3/t12-/m1/s1. The van der Waals surface area contributed by atoms with Gasteiger partial charge in [-0.1, -0.05) is 13.8 Å². The van der Waals surface area contributed by atoms with Crippen LogP contribution in [0.1, 0.15) is 36.4 Å². The Balaban J connectivity index is 1.77. The second-order valence-corrected chi connectivity index (χ2v) is 7.26. The average Bonchev–Trinajstić information content (AvgIpc) is 3.07. The minimum absolute atomic E-state index is 0.251. The highest BCUT2D eigenvalue weighted by Crippen LogP contribution is 2.27. The number of rotatable bonds is 8. The Bertz CT molecular complexity index is 417. The van der Waals surface area contributed by atoms with Crippen LogP contribution >= 0.6 is 11.3 Å². The molecule has 1 fully saturated rings. The Morgan fingerprint density at radius 3 is 2.71 bits per heavy atom. The van der Waals surface area contributed by atoms with E-state index in [-0.39, 0.29) is 6.29 Å². The topological polar surface area (TPSA) is 46.6 Å². The fourth-order valence-corrected chi connectivity index (χ4v) is 3.28. The highest BCUT2D eigenvalue weighted by molar-refractivity contribution is 7.11. The summed E-state index contributed by atoms with van der Waals surface area (Å²) in [4.78, 5) is 7.92. The maximum Gasteiger partial charge on any atom is 0.211 e. The van der Waals surface area contributed by atoms with E-state index in [9.17, 15) is 0 Å². The lowest BCUT2D eigenvalue weighted by atomic mass is 10.0. The molecular weight excluding hydrogens is 286 g/mol. The van der Waals surface area contributed by atoms with Crippen molar-refractivity contribution in [3.05, 3.63) is 16.1 Å². The molecule has 1 N–H and O–H groups in total. The van der Waals surface area contributed by atoms with Gasteiger partial charge in [0.05, 0.1) is 13.2 Å². The molecule has 0 radical (unpaired) electrons.